The topological polar surface area (TPSA) is 64.1 Å². The molecule has 3 N–H and O–H groups in total. The summed E-state index contributed by atoms with van der Waals surface area (Å²) >= 11 is 2.23. The summed E-state index contributed by atoms with van der Waals surface area (Å²) in [5, 5.41) is 14.4. The molecule has 2 aromatic rings. The first-order valence-corrected chi connectivity index (χ1v) is 7.61. The Hall–Kier alpha value is -0.550. The quantitative estimate of drug-likeness (QED) is 0.482. The van der Waals surface area contributed by atoms with Gasteiger partial charge >= 0.3 is 0 Å². The van der Waals surface area contributed by atoms with E-state index in [1.54, 1.807) is 6.20 Å². The van der Waals surface area contributed by atoms with Gasteiger partial charge in [-0.1, -0.05) is 0 Å². The molecule has 0 saturated heterocycles. The van der Waals surface area contributed by atoms with Crippen LogP contribution in [0.25, 0.3) is 10.9 Å². The van der Waals surface area contributed by atoms with Gasteiger partial charge in [-0.25, -0.2) is 4.45 Å². The van der Waals surface area contributed by atoms with Crippen LogP contribution in [-0.2, 0) is 0 Å². The molecule has 0 aliphatic carbocycles. The van der Waals surface area contributed by atoms with E-state index < -0.39 is 0 Å². The molecule has 68 valence electrons. The number of phenolic OH excluding ortho intramolecular Hbond substituents is 1. The molecule has 1 aromatic heterocycles. The highest BCUT2D eigenvalue weighted by Crippen LogP contribution is 2.33. The zero-order valence-corrected chi connectivity index (χ0v) is 9.69. The third-order valence-corrected chi connectivity index (χ3v) is 3.66. The molecule has 2 rings (SSSR count). The largest absolute Gasteiger partial charge is 0.507 e. The van der Waals surface area contributed by atoms with Gasteiger partial charge < -0.3 is 10.8 Å². The molecule has 0 spiro atoms. The summed E-state index contributed by atoms with van der Waals surface area (Å²) in [4.78, 5) is 0. The molecular formula is C7H7IN3OP. The monoisotopic (exact) mass is 307 g/mol. The van der Waals surface area contributed by atoms with E-state index in [-0.39, 0.29) is 5.75 Å². The van der Waals surface area contributed by atoms with Crippen LogP contribution in [0, 0.1) is 0 Å². The van der Waals surface area contributed by atoms with Crippen molar-refractivity contribution >= 4 is 45.0 Å². The zero-order valence-electron chi connectivity index (χ0n) is 6.53. The Bertz CT molecular complexity index is 456. The molecule has 0 aliphatic rings. The third-order valence-electron chi connectivity index (χ3n) is 1.77. The molecule has 1 aromatic carbocycles. The van der Waals surface area contributed by atoms with Crippen LogP contribution in [-0.4, -0.2) is 14.7 Å². The van der Waals surface area contributed by atoms with E-state index in [4.69, 9.17) is 5.73 Å². The van der Waals surface area contributed by atoms with Crippen LogP contribution in [0.2, 0.25) is 0 Å². The summed E-state index contributed by atoms with van der Waals surface area (Å²) in [6.07, 6.45) is 2.16. The van der Waals surface area contributed by atoms with E-state index in [2.05, 4.69) is 27.1 Å². The van der Waals surface area contributed by atoms with Gasteiger partial charge in [-0.2, -0.15) is 5.10 Å². The van der Waals surface area contributed by atoms with E-state index in [0.717, 1.165) is 10.9 Å². The number of hydrogen-bond donors (Lipinski definition) is 2. The Morgan fingerprint density at radius 2 is 2.31 bits per heavy atom. The number of aromatic hydroxyl groups is 1. The van der Waals surface area contributed by atoms with Gasteiger partial charge in [0.15, 0.2) is 0 Å². The van der Waals surface area contributed by atoms with Crippen LogP contribution in [0.5, 0.6) is 5.75 Å². The van der Waals surface area contributed by atoms with Crippen LogP contribution < -0.4 is 5.73 Å². The average Bonchev–Trinajstić information content (AvgIpc) is 2.47. The van der Waals surface area contributed by atoms with Crippen LogP contribution in [0.4, 0.5) is 5.69 Å². The van der Waals surface area contributed by atoms with Gasteiger partial charge in [0.25, 0.3) is 0 Å². The van der Waals surface area contributed by atoms with Gasteiger partial charge in [0.1, 0.15) is 5.75 Å². The van der Waals surface area contributed by atoms with Crippen molar-refractivity contribution in [1.82, 2.24) is 9.55 Å². The molecule has 1 heterocycles. The Morgan fingerprint density at radius 3 is 3.00 bits per heavy atom. The van der Waals surface area contributed by atoms with Crippen molar-refractivity contribution in [1.29, 1.82) is 0 Å². The Labute approximate surface area is 89.4 Å². The highest BCUT2D eigenvalue weighted by atomic mass is 127. The van der Waals surface area contributed by atoms with Crippen molar-refractivity contribution in [3.63, 3.8) is 0 Å². The van der Waals surface area contributed by atoms with Crippen molar-refractivity contribution in [2.24, 2.45) is 0 Å². The molecule has 0 radical (unpaired) electrons. The molecule has 1 atom stereocenters. The molecule has 6 heteroatoms. The van der Waals surface area contributed by atoms with Crippen LogP contribution >= 0.6 is 28.4 Å². The Kier molecular flexibility index (Phi) is 2.29. The SMILES string of the molecule is Nc1cc(O)c2cnn(PI)c2c1. The number of nitrogens with zero attached hydrogens (tertiary/aromatic N) is 2. The predicted octanol–water partition coefficient (Wildman–Crippen LogP) is 2.12. The number of anilines is 1. The number of benzene rings is 1. The number of rotatable bonds is 1. The molecule has 13 heavy (non-hydrogen) atoms. The maximum atomic E-state index is 9.53. The summed E-state index contributed by atoms with van der Waals surface area (Å²) in [6, 6.07) is 3.35. The van der Waals surface area contributed by atoms with Crippen LogP contribution in [0.3, 0.4) is 0 Å². The van der Waals surface area contributed by atoms with Gasteiger partial charge in [-0.05, 0) is 28.1 Å². The molecule has 0 saturated carbocycles. The predicted molar refractivity (Wildman–Crippen MR) is 63.5 cm³/mol. The molecule has 0 fully saturated rings. The summed E-state index contributed by atoms with van der Waals surface area (Å²) in [6.45, 7) is 0. The van der Waals surface area contributed by atoms with Crippen molar-refractivity contribution in [3.8, 4) is 5.75 Å². The Balaban J connectivity index is 2.82. The number of halogens is 1. The van der Waals surface area contributed by atoms with Crippen LogP contribution in [0.15, 0.2) is 18.3 Å². The van der Waals surface area contributed by atoms with Crippen molar-refractivity contribution in [2.75, 3.05) is 5.73 Å². The number of fused-ring (bicyclic) bond motifs is 1. The summed E-state index contributed by atoms with van der Waals surface area (Å²) in [7, 11) is 0. The van der Waals surface area contributed by atoms with Crippen molar-refractivity contribution < 1.29 is 5.11 Å². The minimum atomic E-state index is 0.191. The third kappa shape index (κ3) is 1.46. The number of phenols is 1. The van der Waals surface area contributed by atoms with E-state index in [9.17, 15) is 5.11 Å². The highest BCUT2D eigenvalue weighted by Gasteiger charge is 2.06. The number of hydrogen-bond acceptors (Lipinski definition) is 3. The lowest BCUT2D eigenvalue weighted by Gasteiger charge is -2.00. The van der Waals surface area contributed by atoms with Gasteiger partial charge in [-0.3, -0.25) is 0 Å². The standard InChI is InChI=1S/C7H7IN3OP/c8-13-11-6-1-4(9)2-7(12)5(6)3-10-11/h1-3,12-13H,9H2. The fraction of sp³-hybridized carbons (Fsp3) is 0. The van der Waals surface area contributed by atoms with Gasteiger partial charge in [-0.15, -0.1) is 0 Å². The Morgan fingerprint density at radius 1 is 1.54 bits per heavy atom. The van der Waals surface area contributed by atoms with Crippen molar-refractivity contribution in [3.05, 3.63) is 18.3 Å². The second-order valence-electron chi connectivity index (χ2n) is 2.61. The maximum Gasteiger partial charge on any atom is 0.128 e. The smallest absolute Gasteiger partial charge is 0.128 e. The lowest BCUT2D eigenvalue weighted by Crippen LogP contribution is -1.86. The first-order chi connectivity index (χ1) is 6.22. The number of nitrogen functional groups attached to an aromatic ring is 1. The molecule has 0 bridgehead atoms. The number of nitrogens with two attached hydrogens (primary N) is 1. The number of aromatic nitrogens is 2. The molecule has 4 nitrogen and oxygen atoms in total. The van der Waals surface area contributed by atoms with Crippen LogP contribution in [0.1, 0.15) is 0 Å². The zero-order chi connectivity index (χ0) is 9.42. The average molecular weight is 307 g/mol. The van der Waals surface area contributed by atoms with E-state index >= 15 is 0 Å². The van der Waals surface area contributed by atoms with Crippen molar-refractivity contribution in [2.45, 2.75) is 0 Å². The van der Waals surface area contributed by atoms with Gasteiger partial charge in [0.2, 0.25) is 0 Å². The van der Waals surface area contributed by atoms with Gasteiger partial charge in [0.05, 0.1) is 23.5 Å². The molecular weight excluding hydrogens is 300 g/mol. The van der Waals surface area contributed by atoms with Gasteiger partial charge in [0, 0.05) is 11.8 Å². The fourth-order valence-electron chi connectivity index (χ4n) is 1.20. The lowest BCUT2D eigenvalue weighted by atomic mass is 10.2. The van der Waals surface area contributed by atoms with E-state index in [1.165, 1.54) is 6.07 Å². The normalized spacial score (nSPS) is 11.8. The first kappa shape index (κ1) is 9.02. The highest BCUT2D eigenvalue weighted by molar-refractivity contribution is 14.2. The molecule has 1 unspecified atom stereocenters. The summed E-state index contributed by atoms with van der Waals surface area (Å²) in [5.41, 5.74) is 7.04. The second kappa shape index (κ2) is 3.31. The first-order valence-electron chi connectivity index (χ1n) is 3.55. The lowest BCUT2D eigenvalue weighted by molar-refractivity contribution is 0.482. The van der Waals surface area contributed by atoms with E-state index in [0.29, 0.717) is 12.1 Å². The second-order valence-corrected chi connectivity index (χ2v) is 4.65. The fourth-order valence-corrected chi connectivity index (χ4v) is 2.73. The maximum absolute atomic E-state index is 9.53. The van der Waals surface area contributed by atoms with E-state index in [1.807, 2.05) is 10.5 Å². The molecule has 0 amide bonds. The molecule has 0 aliphatic heterocycles. The minimum absolute atomic E-state index is 0.191. The minimum Gasteiger partial charge on any atom is -0.507 e. The summed E-state index contributed by atoms with van der Waals surface area (Å²) in [5.74, 6) is 0.191. The summed E-state index contributed by atoms with van der Waals surface area (Å²) < 4.78 is 1.81.